The van der Waals surface area contributed by atoms with Crippen LogP contribution in [-0.2, 0) is 0 Å². The molecule has 0 aliphatic rings. The van der Waals surface area contributed by atoms with E-state index in [9.17, 15) is 0 Å². The van der Waals surface area contributed by atoms with Crippen molar-refractivity contribution < 1.29 is 0 Å². The molecule has 8 heteroatoms. The van der Waals surface area contributed by atoms with Crippen LogP contribution in [0, 0.1) is 0 Å². The molecule has 0 saturated carbocycles. The number of nitrogens with two attached hydrogens (primary N) is 2. The third-order valence-corrected chi connectivity index (χ3v) is 2.13. The second-order valence-electron chi connectivity index (χ2n) is 3.36. The van der Waals surface area contributed by atoms with Gasteiger partial charge in [0.15, 0.2) is 0 Å². The van der Waals surface area contributed by atoms with Crippen molar-refractivity contribution in [1.29, 1.82) is 0 Å². The number of H-pyrrole nitrogens is 1. The summed E-state index contributed by atoms with van der Waals surface area (Å²) in [6.07, 6.45) is 3.50. The minimum atomic E-state index is -0.0582. The van der Waals surface area contributed by atoms with Gasteiger partial charge in [0, 0.05) is 11.6 Å². The summed E-state index contributed by atoms with van der Waals surface area (Å²) in [4.78, 5) is 7.20. The van der Waals surface area contributed by atoms with E-state index in [2.05, 4.69) is 20.2 Å². The molecule has 2 rings (SSSR count). The maximum Gasteiger partial charge on any atom is 0.211 e. The quantitative estimate of drug-likeness (QED) is 0.442. The molecule has 5 N–H and O–H groups in total. The Kier molecular flexibility index (Phi) is 6.15. The molecule has 98 valence electrons. The van der Waals surface area contributed by atoms with E-state index in [4.69, 9.17) is 11.5 Å². The van der Waals surface area contributed by atoms with Crippen LogP contribution < -0.4 is 11.5 Å². The van der Waals surface area contributed by atoms with Gasteiger partial charge in [0.2, 0.25) is 5.96 Å². The van der Waals surface area contributed by atoms with E-state index in [1.54, 1.807) is 12.4 Å². The molecule has 0 bridgehead atoms. The number of fused-ring (bicyclic) bond motifs is 1. The van der Waals surface area contributed by atoms with Gasteiger partial charge in [0.05, 0.1) is 23.1 Å². The zero-order chi connectivity index (χ0) is 11.5. The molecule has 6 nitrogen and oxygen atoms in total. The number of guanidine groups is 1. The molecule has 2 aromatic heterocycles. The number of hydrogen-bond donors (Lipinski definition) is 3. The average molecular weight is 289 g/mol. The Morgan fingerprint density at radius 3 is 2.61 bits per heavy atom. The van der Waals surface area contributed by atoms with E-state index in [1.165, 1.54) is 0 Å². The second-order valence-corrected chi connectivity index (χ2v) is 3.36. The number of aromatic nitrogens is 2. The fourth-order valence-corrected chi connectivity index (χ4v) is 1.35. The number of pyridine rings is 1. The first-order chi connectivity index (χ1) is 7.66. The first kappa shape index (κ1) is 16.2. The maximum absolute atomic E-state index is 5.19. The van der Waals surface area contributed by atoms with Gasteiger partial charge in [-0.2, -0.15) is 5.10 Å². The molecule has 2 aromatic rings. The SMILES string of the molecule is C/C(=N\N=C(N)N)c1cc2ccncc2[nH]1.Cl.Cl. The van der Waals surface area contributed by atoms with Crippen LogP contribution in [0.1, 0.15) is 12.6 Å². The van der Waals surface area contributed by atoms with Crippen LogP contribution in [0.15, 0.2) is 34.7 Å². The molecular formula is C10H14Cl2N6. The molecular weight excluding hydrogens is 275 g/mol. The van der Waals surface area contributed by atoms with Crippen LogP contribution >= 0.6 is 24.8 Å². The molecule has 0 radical (unpaired) electrons. The molecule has 0 unspecified atom stereocenters. The summed E-state index contributed by atoms with van der Waals surface area (Å²) < 4.78 is 0. The monoisotopic (exact) mass is 288 g/mol. The zero-order valence-electron chi connectivity index (χ0n) is 9.62. The van der Waals surface area contributed by atoms with E-state index in [0.29, 0.717) is 5.71 Å². The molecule has 0 fully saturated rings. The topological polar surface area (TPSA) is 105 Å². The van der Waals surface area contributed by atoms with Crippen LogP contribution in [0.25, 0.3) is 10.9 Å². The van der Waals surface area contributed by atoms with Crippen molar-refractivity contribution in [3.05, 3.63) is 30.2 Å². The van der Waals surface area contributed by atoms with Gasteiger partial charge in [-0.3, -0.25) is 4.98 Å². The molecule has 0 saturated heterocycles. The van der Waals surface area contributed by atoms with Crippen molar-refractivity contribution in [3.8, 4) is 0 Å². The largest absolute Gasteiger partial charge is 0.369 e. The normalized spacial score (nSPS) is 10.4. The summed E-state index contributed by atoms with van der Waals surface area (Å²) in [7, 11) is 0. The highest BCUT2D eigenvalue weighted by Crippen LogP contribution is 2.13. The first-order valence-corrected chi connectivity index (χ1v) is 4.73. The predicted octanol–water partition coefficient (Wildman–Crippen LogP) is 1.40. The van der Waals surface area contributed by atoms with Crippen LogP contribution in [0.5, 0.6) is 0 Å². The Morgan fingerprint density at radius 1 is 1.28 bits per heavy atom. The number of nitrogens with zero attached hydrogens (tertiary/aromatic N) is 3. The fraction of sp³-hybridized carbons (Fsp3) is 0.100. The Hall–Kier alpha value is -1.79. The van der Waals surface area contributed by atoms with Gasteiger partial charge in [-0.05, 0) is 19.1 Å². The van der Waals surface area contributed by atoms with E-state index >= 15 is 0 Å². The Balaban J connectivity index is 0.00000144. The third kappa shape index (κ3) is 3.61. The van der Waals surface area contributed by atoms with Gasteiger partial charge in [-0.1, -0.05) is 0 Å². The number of aromatic amines is 1. The van der Waals surface area contributed by atoms with Crippen LogP contribution in [0.4, 0.5) is 0 Å². The van der Waals surface area contributed by atoms with E-state index in [0.717, 1.165) is 16.6 Å². The highest BCUT2D eigenvalue weighted by Gasteiger charge is 2.02. The minimum absolute atomic E-state index is 0. The molecule has 18 heavy (non-hydrogen) atoms. The highest BCUT2D eigenvalue weighted by atomic mass is 35.5. The van der Waals surface area contributed by atoms with E-state index in [-0.39, 0.29) is 30.8 Å². The van der Waals surface area contributed by atoms with Crippen molar-refractivity contribution in [3.63, 3.8) is 0 Å². The standard InChI is InChI=1S/C10H12N6.2ClH/c1-6(15-16-10(11)12)8-4-7-2-3-13-5-9(7)14-8;;/h2-5,14H,1H3,(H4,11,12,16);2*1H/b15-6+;;. The third-order valence-electron chi connectivity index (χ3n) is 2.13. The summed E-state index contributed by atoms with van der Waals surface area (Å²) in [6, 6.07) is 3.89. The van der Waals surface area contributed by atoms with Gasteiger partial charge in [-0.25, -0.2) is 0 Å². The van der Waals surface area contributed by atoms with Crippen molar-refractivity contribution in [2.24, 2.45) is 21.7 Å². The number of nitrogens with one attached hydrogen (secondary N) is 1. The zero-order valence-corrected chi connectivity index (χ0v) is 11.3. The van der Waals surface area contributed by atoms with Crippen LogP contribution in [0.3, 0.4) is 0 Å². The Morgan fingerprint density at radius 2 is 2.00 bits per heavy atom. The van der Waals surface area contributed by atoms with Gasteiger partial charge < -0.3 is 16.5 Å². The Labute approximate surface area is 116 Å². The summed E-state index contributed by atoms with van der Waals surface area (Å²) in [5.41, 5.74) is 12.9. The van der Waals surface area contributed by atoms with Gasteiger partial charge >= 0.3 is 0 Å². The molecule has 0 amide bonds. The predicted molar refractivity (Wildman–Crippen MR) is 78.6 cm³/mol. The van der Waals surface area contributed by atoms with Crippen LogP contribution in [0.2, 0.25) is 0 Å². The molecule has 0 aromatic carbocycles. The van der Waals surface area contributed by atoms with Crippen molar-refractivity contribution >= 4 is 47.4 Å². The molecule has 2 heterocycles. The number of hydrogen-bond acceptors (Lipinski definition) is 3. The average Bonchev–Trinajstić information content (AvgIpc) is 2.69. The Bertz CT molecular complexity index is 538. The fourth-order valence-electron chi connectivity index (χ4n) is 1.35. The van der Waals surface area contributed by atoms with Gasteiger partial charge in [0.25, 0.3) is 0 Å². The van der Waals surface area contributed by atoms with Crippen molar-refractivity contribution in [2.75, 3.05) is 0 Å². The summed E-state index contributed by atoms with van der Waals surface area (Å²) in [6.45, 7) is 1.82. The molecule has 0 atom stereocenters. The summed E-state index contributed by atoms with van der Waals surface area (Å²) in [5.74, 6) is -0.0582. The van der Waals surface area contributed by atoms with E-state index < -0.39 is 0 Å². The number of halogens is 2. The lowest BCUT2D eigenvalue weighted by molar-refractivity contribution is 1.19. The van der Waals surface area contributed by atoms with Gasteiger partial charge in [0.1, 0.15) is 0 Å². The van der Waals surface area contributed by atoms with E-state index in [1.807, 2.05) is 19.1 Å². The van der Waals surface area contributed by atoms with Crippen molar-refractivity contribution in [2.45, 2.75) is 6.92 Å². The minimum Gasteiger partial charge on any atom is -0.369 e. The smallest absolute Gasteiger partial charge is 0.211 e. The highest BCUT2D eigenvalue weighted by molar-refractivity contribution is 6.01. The lowest BCUT2D eigenvalue weighted by atomic mass is 10.2. The summed E-state index contributed by atoms with van der Waals surface area (Å²) in [5, 5.41) is 8.56. The molecule has 0 aliphatic heterocycles. The lowest BCUT2D eigenvalue weighted by Crippen LogP contribution is -2.22. The van der Waals surface area contributed by atoms with Crippen molar-refractivity contribution in [1.82, 2.24) is 9.97 Å². The van der Waals surface area contributed by atoms with Crippen LogP contribution in [-0.4, -0.2) is 21.6 Å². The van der Waals surface area contributed by atoms with Gasteiger partial charge in [-0.15, -0.1) is 29.9 Å². The first-order valence-electron chi connectivity index (χ1n) is 4.73. The molecule has 0 spiro atoms. The summed E-state index contributed by atoms with van der Waals surface area (Å²) >= 11 is 0. The number of rotatable bonds is 2. The maximum atomic E-state index is 5.19. The second kappa shape index (κ2) is 6.83. The molecule has 0 aliphatic carbocycles. The lowest BCUT2D eigenvalue weighted by Gasteiger charge is -1.92.